The lowest BCUT2D eigenvalue weighted by Gasteiger charge is -2.32. The van der Waals surface area contributed by atoms with Crippen LogP contribution < -0.4 is 10.6 Å². The number of morpholine rings is 1. The minimum Gasteiger partial charge on any atom is -0.478 e. The summed E-state index contributed by atoms with van der Waals surface area (Å²) in [5, 5.41) is 17.6. The first-order chi connectivity index (χ1) is 9.02. The Balaban J connectivity index is 2.33. The number of rotatable bonds is 2. The Morgan fingerprint density at radius 1 is 1.63 bits per heavy atom. The van der Waals surface area contributed by atoms with Gasteiger partial charge in [-0.15, -0.1) is 0 Å². The molecule has 1 aliphatic rings. The molecule has 1 aliphatic heterocycles. The molecule has 100 valence electrons. The van der Waals surface area contributed by atoms with E-state index >= 15 is 0 Å². The summed E-state index contributed by atoms with van der Waals surface area (Å²) in [6.07, 6.45) is -0.602. The number of carboxylic acid groups (broad SMARTS) is 1. The summed E-state index contributed by atoms with van der Waals surface area (Å²) in [6, 6.07) is 4.14. The van der Waals surface area contributed by atoms with Gasteiger partial charge in [0.1, 0.15) is 5.82 Å². The first-order valence-corrected chi connectivity index (χ1v) is 5.61. The van der Waals surface area contributed by atoms with Gasteiger partial charge in [0.15, 0.2) is 6.10 Å². The monoisotopic (exact) mass is 265 g/mol. The van der Waals surface area contributed by atoms with Crippen molar-refractivity contribution in [2.45, 2.75) is 6.10 Å². The predicted octanol–water partition coefficient (Wildman–Crippen LogP) is 0.835. The van der Waals surface area contributed by atoms with E-state index in [2.05, 4.69) is 0 Å². The van der Waals surface area contributed by atoms with Gasteiger partial charge in [-0.05, 0) is 6.07 Å². The van der Waals surface area contributed by atoms with Crippen LogP contribution in [-0.2, 0) is 4.74 Å². The summed E-state index contributed by atoms with van der Waals surface area (Å²) in [5.74, 6) is -2.22. The fourth-order valence-electron chi connectivity index (χ4n) is 1.96. The van der Waals surface area contributed by atoms with Crippen LogP contribution in [0.4, 0.5) is 15.8 Å². The minimum absolute atomic E-state index is 0.164. The van der Waals surface area contributed by atoms with Crippen LogP contribution in [0.3, 0.4) is 0 Å². The quantitative estimate of drug-likeness (QED) is 0.768. The topological polar surface area (TPSA) is 99.6 Å². The van der Waals surface area contributed by atoms with Gasteiger partial charge in [-0.1, -0.05) is 0 Å². The van der Waals surface area contributed by atoms with E-state index in [4.69, 9.17) is 20.8 Å². The Morgan fingerprint density at radius 2 is 2.37 bits per heavy atom. The molecular formula is C12H12FN3O3. The summed E-state index contributed by atoms with van der Waals surface area (Å²) in [4.78, 5) is 12.5. The Morgan fingerprint density at radius 3 is 3.00 bits per heavy atom. The summed E-state index contributed by atoms with van der Waals surface area (Å²) in [6.45, 7) is 1.07. The van der Waals surface area contributed by atoms with Crippen molar-refractivity contribution in [1.29, 1.82) is 5.26 Å². The highest BCUT2D eigenvalue weighted by atomic mass is 19.1. The molecule has 0 aromatic heterocycles. The number of halogens is 1. The third kappa shape index (κ3) is 2.58. The van der Waals surface area contributed by atoms with E-state index in [0.717, 1.165) is 12.1 Å². The van der Waals surface area contributed by atoms with Crippen molar-refractivity contribution < 1.29 is 19.0 Å². The number of hydrogen-bond acceptors (Lipinski definition) is 5. The maximum atomic E-state index is 13.7. The minimum atomic E-state index is -1.37. The van der Waals surface area contributed by atoms with E-state index in [9.17, 15) is 9.18 Å². The number of aromatic carboxylic acids is 1. The molecule has 0 radical (unpaired) electrons. The SMILES string of the molecule is N#CC1CN(c2cc(F)c(C(=O)O)cc2N)CCO1. The number of nitrogen functional groups attached to an aromatic ring is 1. The summed E-state index contributed by atoms with van der Waals surface area (Å²) < 4.78 is 18.8. The number of benzene rings is 1. The van der Waals surface area contributed by atoms with Crippen molar-refractivity contribution in [3.05, 3.63) is 23.5 Å². The van der Waals surface area contributed by atoms with E-state index in [0.29, 0.717) is 18.8 Å². The van der Waals surface area contributed by atoms with Gasteiger partial charge in [0.05, 0.1) is 36.2 Å². The Hall–Kier alpha value is -2.33. The van der Waals surface area contributed by atoms with Crippen molar-refractivity contribution in [3.63, 3.8) is 0 Å². The highest BCUT2D eigenvalue weighted by Gasteiger charge is 2.23. The Kier molecular flexibility index (Phi) is 3.53. The number of nitrogens with two attached hydrogens (primary N) is 1. The molecule has 0 bridgehead atoms. The molecule has 0 amide bonds. The van der Waals surface area contributed by atoms with Crippen LogP contribution in [0.1, 0.15) is 10.4 Å². The zero-order valence-corrected chi connectivity index (χ0v) is 9.97. The molecule has 0 spiro atoms. The fourth-order valence-corrected chi connectivity index (χ4v) is 1.96. The van der Waals surface area contributed by atoms with Gasteiger partial charge in [0.2, 0.25) is 0 Å². The van der Waals surface area contributed by atoms with Crippen molar-refractivity contribution in [1.82, 2.24) is 0 Å². The normalized spacial score (nSPS) is 18.9. The first-order valence-electron chi connectivity index (χ1n) is 5.61. The number of nitrogens with zero attached hydrogens (tertiary/aromatic N) is 2. The standard InChI is InChI=1S/C12H12FN3O3/c13-9-4-11(10(15)3-8(9)12(17)18)16-1-2-19-7(5-14)6-16/h3-4,7H,1-2,6,15H2,(H,17,18). The highest BCUT2D eigenvalue weighted by Crippen LogP contribution is 2.28. The molecule has 7 heteroatoms. The van der Waals surface area contributed by atoms with Crippen molar-refractivity contribution >= 4 is 17.3 Å². The second-order valence-electron chi connectivity index (χ2n) is 4.13. The van der Waals surface area contributed by atoms with Gasteiger partial charge in [-0.3, -0.25) is 0 Å². The van der Waals surface area contributed by atoms with Crippen LogP contribution in [0.2, 0.25) is 0 Å². The molecule has 0 saturated carbocycles. The van der Waals surface area contributed by atoms with Gasteiger partial charge in [-0.2, -0.15) is 5.26 Å². The van der Waals surface area contributed by atoms with Crippen LogP contribution in [0, 0.1) is 17.1 Å². The first kappa shape index (κ1) is 13.1. The van der Waals surface area contributed by atoms with E-state index in [1.54, 1.807) is 4.90 Å². The number of carbonyl (C=O) groups is 1. The second kappa shape index (κ2) is 5.12. The number of nitriles is 1. The number of hydrogen-bond donors (Lipinski definition) is 2. The van der Waals surface area contributed by atoms with Gasteiger partial charge in [0, 0.05) is 12.6 Å². The molecule has 1 aromatic carbocycles. The number of anilines is 2. The van der Waals surface area contributed by atoms with E-state index in [-0.39, 0.29) is 12.2 Å². The van der Waals surface area contributed by atoms with Crippen molar-refractivity contribution in [3.8, 4) is 6.07 Å². The molecule has 1 aromatic rings. The number of ether oxygens (including phenoxy) is 1. The lowest BCUT2D eigenvalue weighted by molar-refractivity contribution is 0.0691. The second-order valence-corrected chi connectivity index (χ2v) is 4.13. The summed E-state index contributed by atoms with van der Waals surface area (Å²) in [5.41, 5.74) is 5.83. The van der Waals surface area contributed by atoms with Gasteiger partial charge >= 0.3 is 5.97 Å². The Bertz CT molecular complexity index is 556. The molecule has 6 nitrogen and oxygen atoms in total. The molecule has 0 aliphatic carbocycles. The van der Waals surface area contributed by atoms with Crippen LogP contribution in [0.15, 0.2) is 12.1 Å². The maximum absolute atomic E-state index is 13.7. The number of carboxylic acids is 1. The summed E-state index contributed by atoms with van der Waals surface area (Å²) >= 11 is 0. The molecule has 1 saturated heterocycles. The molecule has 2 rings (SSSR count). The molecule has 1 atom stereocenters. The molecular weight excluding hydrogens is 253 g/mol. The summed E-state index contributed by atoms with van der Waals surface area (Å²) in [7, 11) is 0. The van der Waals surface area contributed by atoms with E-state index < -0.39 is 23.5 Å². The van der Waals surface area contributed by atoms with Gasteiger partial charge < -0.3 is 20.5 Å². The average molecular weight is 265 g/mol. The van der Waals surface area contributed by atoms with Crippen molar-refractivity contribution in [2.75, 3.05) is 30.3 Å². The third-order valence-corrected chi connectivity index (χ3v) is 2.90. The fraction of sp³-hybridized carbons (Fsp3) is 0.333. The van der Waals surface area contributed by atoms with E-state index in [1.165, 1.54) is 0 Å². The molecule has 1 fully saturated rings. The van der Waals surface area contributed by atoms with Crippen LogP contribution in [0.25, 0.3) is 0 Å². The maximum Gasteiger partial charge on any atom is 0.338 e. The molecule has 1 unspecified atom stereocenters. The van der Waals surface area contributed by atoms with Gasteiger partial charge in [0.25, 0.3) is 0 Å². The van der Waals surface area contributed by atoms with Crippen molar-refractivity contribution in [2.24, 2.45) is 0 Å². The Labute approximate surface area is 108 Å². The van der Waals surface area contributed by atoms with Crippen LogP contribution in [-0.4, -0.2) is 36.9 Å². The largest absolute Gasteiger partial charge is 0.478 e. The lowest BCUT2D eigenvalue weighted by atomic mass is 10.1. The third-order valence-electron chi connectivity index (χ3n) is 2.90. The molecule has 3 N–H and O–H groups in total. The zero-order valence-electron chi connectivity index (χ0n) is 9.97. The van der Waals surface area contributed by atoms with Crippen LogP contribution >= 0.6 is 0 Å². The van der Waals surface area contributed by atoms with E-state index in [1.807, 2.05) is 6.07 Å². The van der Waals surface area contributed by atoms with Crippen LogP contribution in [0.5, 0.6) is 0 Å². The molecule has 1 heterocycles. The zero-order chi connectivity index (χ0) is 14.0. The predicted molar refractivity (Wildman–Crippen MR) is 65.3 cm³/mol. The van der Waals surface area contributed by atoms with Gasteiger partial charge in [-0.25, -0.2) is 9.18 Å². The lowest BCUT2D eigenvalue weighted by Crippen LogP contribution is -2.42. The average Bonchev–Trinajstić information content (AvgIpc) is 2.40. The highest BCUT2D eigenvalue weighted by molar-refractivity contribution is 5.91. The molecule has 19 heavy (non-hydrogen) atoms. The smallest absolute Gasteiger partial charge is 0.338 e.